The fraction of sp³-hybridized carbons (Fsp3) is 0.500. The average Bonchev–Trinajstić information content (AvgIpc) is 3.26. The molecule has 0 radical (unpaired) electrons. The van der Waals surface area contributed by atoms with Crippen LogP contribution in [0.4, 0.5) is 4.79 Å². The van der Waals surface area contributed by atoms with Crippen LogP contribution in [0, 0.1) is 6.92 Å². The van der Waals surface area contributed by atoms with Gasteiger partial charge in [-0.3, -0.25) is 4.79 Å². The predicted octanol–water partition coefficient (Wildman–Crippen LogP) is 3.08. The molecule has 2 saturated heterocycles. The molecule has 4 rings (SSSR count). The van der Waals surface area contributed by atoms with Gasteiger partial charge >= 0.3 is 6.09 Å². The van der Waals surface area contributed by atoms with Crippen molar-refractivity contribution >= 4 is 23.5 Å². The quantitative estimate of drug-likeness (QED) is 0.788. The van der Waals surface area contributed by atoms with E-state index in [2.05, 4.69) is 28.6 Å². The molecule has 2 aliphatic rings. The standard InChI is InChI=1S/C20H24N4O3S/c1-14(16-6-4-3-5-7-16)12-24-13-20(27-19(24)26)8-10-23(11-9-20)18(25)17-15(2)21-22-28-17/h3-7,14H,8-13H2,1-2H3. The van der Waals surface area contributed by atoms with Crippen LogP contribution in [0.1, 0.15) is 46.6 Å². The number of hydrogen-bond donors (Lipinski definition) is 0. The average molecular weight is 401 g/mol. The van der Waals surface area contributed by atoms with E-state index in [-0.39, 0.29) is 17.9 Å². The van der Waals surface area contributed by atoms with Gasteiger partial charge in [-0.2, -0.15) is 0 Å². The van der Waals surface area contributed by atoms with Crippen LogP contribution in [0.25, 0.3) is 0 Å². The van der Waals surface area contributed by atoms with E-state index in [1.807, 2.05) is 28.0 Å². The Hall–Kier alpha value is -2.48. The topological polar surface area (TPSA) is 75.6 Å². The third kappa shape index (κ3) is 3.61. The summed E-state index contributed by atoms with van der Waals surface area (Å²) in [5.74, 6) is 0.216. The molecule has 1 unspecified atom stereocenters. The summed E-state index contributed by atoms with van der Waals surface area (Å²) in [5.41, 5.74) is 1.40. The largest absolute Gasteiger partial charge is 0.441 e. The number of piperidine rings is 1. The third-order valence-corrected chi connectivity index (χ3v) is 6.53. The van der Waals surface area contributed by atoms with Gasteiger partial charge in [0.15, 0.2) is 0 Å². The molecule has 28 heavy (non-hydrogen) atoms. The summed E-state index contributed by atoms with van der Waals surface area (Å²) in [6, 6.07) is 10.2. The first-order valence-electron chi connectivity index (χ1n) is 9.58. The van der Waals surface area contributed by atoms with Crippen molar-refractivity contribution < 1.29 is 14.3 Å². The minimum atomic E-state index is -0.481. The van der Waals surface area contributed by atoms with Gasteiger partial charge < -0.3 is 14.5 Å². The molecule has 2 aromatic rings. The molecule has 3 heterocycles. The lowest BCUT2D eigenvalue weighted by Gasteiger charge is -2.37. The molecule has 2 aliphatic heterocycles. The van der Waals surface area contributed by atoms with E-state index in [1.165, 1.54) is 5.56 Å². The molecule has 0 bridgehead atoms. The Labute approximate surface area is 168 Å². The van der Waals surface area contributed by atoms with Gasteiger partial charge in [0.05, 0.1) is 12.2 Å². The van der Waals surface area contributed by atoms with Gasteiger partial charge in [0.1, 0.15) is 10.5 Å². The molecule has 7 nitrogen and oxygen atoms in total. The van der Waals surface area contributed by atoms with Crippen molar-refractivity contribution in [2.24, 2.45) is 0 Å². The van der Waals surface area contributed by atoms with Crippen molar-refractivity contribution in [3.8, 4) is 0 Å². The summed E-state index contributed by atoms with van der Waals surface area (Å²) >= 11 is 1.13. The molecular formula is C20H24N4O3S. The molecule has 1 spiro atoms. The molecule has 2 fully saturated rings. The summed E-state index contributed by atoms with van der Waals surface area (Å²) in [6.45, 7) is 6.30. The van der Waals surface area contributed by atoms with E-state index >= 15 is 0 Å². The number of amides is 2. The van der Waals surface area contributed by atoms with Gasteiger partial charge in [0.2, 0.25) is 0 Å². The Morgan fingerprint density at radius 2 is 2.00 bits per heavy atom. The summed E-state index contributed by atoms with van der Waals surface area (Å²) in [5, 5.41) is 3.92. The molecule has 148 valence electrons. The third-order valence-electron chi connectivity index (χ3n) is 5.71. The Morgan fingerprint density at radius 1 is 1.29 bits per heavy atom. The Kier molecular flexibility index (Phi) is 5.05. The highest BCUT2D eigenvalue weighted by atomic mass is 32.1. The second-order valence-corrected chi connectivity index (χ2v) is 8.48. The number of benzene rings is 1. The highest BCUT2D eigenvalue weighted by Crippen LogP contribution is 2.35. The van der Waals surface area contributed by atoms with E-state index in [4.69, 9.17) is 4.74 Å². The van der Waals surface area contributed by atoms with Crippen molar-refractivity contribution in [1.29, 1.82) is 0 Å². The minimum Gasteiger partial charge on any atom is -0.441 e. The monoisotopic (exact) mass is 400 g/mol. The van der Waals surface area contributed by atoms with Gasteiger partial charge in [-0.05, 0) is 29.9 Å². The summed E-state index contributed by atoms with van der Waals surface area (Å²) in [6.07, 6.45) is 1.07. The van der Waals surface area contributed by atoms with Crippen LogP contribution in [0.3, 0.4) is 0 Å². The highest BCUT2D eigenvalue weighted by Gasteiger charge is 2.47. The summed E-state index contributed by atoms with van der Waals surface area (Å²) < 4.78 is 9.66. The normalized spacial score (nSPS) is 19.7. The first-order chi connectivity index (χ1) is 13.5. The van der Waals surface area contributed by atoms with E-state index in [0.29, 0.717) is 49.6 Å². The number of ether oxygens (including phenoxy) is 1. The summed E-state index contributed by atoms with van der Waals surface area (Å²) in [4.78, 5) is 29.3. The lowest BCUT2D eigenvalue weighted by molar-refractivity contribution is 0.00326. The lowest BCUT2D eigenvalue weighted by atomic mass is 9.91. The fourth-order valence-corrected chi connectivity index (χ4v) is 4.62. The summed E-state index contributed by atoms with van der Waals surface area (Å²) in [7, 11) is 0. The molecule has 1 aromatic carbocycles. The molecule has 2 amide bonds. The van der Waals surface area contributed by atoms with Crippen LogP contribution in [0.5, 0.6) is 0 Å². The number of nitrogens with zero attached hydrogens (tertiary/aromatic N) is 4. The van der Waals surface area contributed by atoms with Crippen LogP contribution >= 0.6 is 11.5 Å². The van der Waals surface area contributed by atoms with E-state index in [0.717, 1.165) is 11.5 Å². The van der Waals surface area contributed by atoms with Crippen LogP contribution in [0.2, 0.25) is 0 Å². The van der Waals surface area contributed by atoms with Gasteiger partial charge in [-0.25, -0.2) is 4.79 Å². The van der Waals surface area contributed by atoms with Crippen LogP contribution in [0.15, 0.2) is 30.3 Å². The Bertz CT molecular complexity index is 861. The first kappa shape index (κ1) is 18.9. The van der Waals surface area contributed by atoms with Crippen molar-refractivity contribution in [3.63, 3.8) is 0 Å². The maximum absolute atomic E-state index is 12.7. The van der Waals surface area contributed by atoms with Crippen LogP contribution in [-0.2, 0) is 4.74 Å². The van der Waals surface area contributed by atoms with E-state index in [1.54, 1.807) is 6.92 Å². The number of rotatable bonds is 4. The molecule has 8 heteroatoms. The molecule has 0 saturated carbocycles. The number of likely N-dealkylation sites (tertiary alicyclic amines) is 1. The molecule has 1 aromatic heterocycles. The zero-order valence-electron chi connectivity index (χ0n) is 16.1. The second kappa shape index (κ2) is 7.50. The van der Waals surface area contributed by atoms with Crippen molar-refractivity contribution in [1.82, 2.24) is 19.4 Å². The first-order valence-corrected chi connectivity index (χ1v) is 10.4. The molecule has 0 N–H and O–H groups in total. The highest BCUT2D eigenvalue weighted by molar-refractivity contribution is 7.07. The van der Waals surface area contributed by atoms with Crippen molar-refractivity contribution in [3.05, 3.63) is 46.5 Å². The SMILES string of the molecule is Cc1nnsc1C(=O)N1CCC2(CC1)CN(CC(C)c1ccccc1)C(=O)O2. The number of aromatic nitrogens is 2. The minimum absolute atomic E-state index is 0.0266. The maximum atomic E-state index is 12.7. The smallest absolute Gasteiger partial charge is 0.410 e. The van der Waals surface area contributed by atoms with Crippen molar-refractivity contribution in [2.45, 2.75) is 38.2 Å². The molecular weight excluding hydrogens is 376 g/mol. The number of aryl methyl sites for hydroxylation is 1. The van der Waals surface area contributed by atoms with E-state index < -0.39 is 5.60 Å². The van der Waals surface area contributed by atoms with Gasteiger partial charge in [0.25, 0.3) is 5.91 Å². The fourth-order valence-electron chi connectivity index (χ4n) is 4.00. The Morgan fingerprint density at radius 3 is 2.64 bits per heavy atom. The van der Waals surface area contributed by atoms with Gasteiger partial charge in [-0.1, -0.05) is 41.7 Å². The second-order valence-electron chi connectivity index (χ2n) is 7.72. The maximum Gasteiger partial charge on any atom is 0.410 e. The number of carbonyl (C=O) groups excluding carboxylic acids is 2. The van der Waals surface area contributed by atoms with Gasteiger partial charge in [-0.15, -0.1) is 5.10 Å². The van der Waals surface area contributed by atoms with Gasteiger partial charge in [0, 0.05) is 32.5 Å². The lowest BCUT2D eigenvalue weighted by Crippen LogP contribution is -2.48. The Balaban J connectivity index is 1.36. The van der Waals surface area contributed by atoms with Crippen LogP contribution < -0.4 is 0 Å². The number of carbonyl (C=O) groups is 2. The zero-order chi connectivity index (χ0) is 19.7. The number of hydrogen-bond acceptors (Lipinski definition) is 6. The van der Waals surface area contributed by atoms with Crippen LogP contribution in [-0.4, -0.2) is 63.2 Å². The van der Waals surface area contributed by atoms with E-state index in [9.17, 15) is 9.59 Å². The predicted molar refractivity (Wildman–Crippen MR) is 105 cm³/mol. The van der Waals surface area contributed by atoms with Crippen molar-refractivity contribution in [2.75, 3.05) is 26.2 Å². The molecule has 0 aliphatic carbocycles. The zero-order valence-corrected chi connectivity index (χ0v) is 16.9. The molecule has 1 atom stereocenters.